The predicted molar refractivity (Wildman–Crippen MR) is 66.2 cm³/mol. The molecule has 0 unspecified atom stereocenters. The van der Waals surface area contributed by atoms with Crippen molar-refractivity contribution in [1.82, 2.24) is 0 Å². The number of hydrogen-bond acceptors (Lipinski definition) is 4. The average Bonchev–Trinajstić information content (AvgIpc) is 2.35. The van der Waals surface area contributed by atoms with Crippen molar-refractivity contribution in [2.75, 3.05) is 28.0 Å². The van der Waals surface area contributed by atoms with E-state index in [4.69, 9.17) is 19.9 Å². The molecule has 1 rings (SSSR count). The van der Waals surface area contributed by atoms with Crippen LogP contribution in [-0.2, 0) is 0 Å². The lowest BCUT2D eigenvalue weighted by Crippen LogP contribution is -2.15. The van der Waals surface area contributed by atoms with Crippen molar-refractivity contribution in [2.24, 2.45) is 5.73 Å². The highest BCUT2D eigenvalue weighted by Crippen LogP contribution is 2.37. The van der Waals surface area contributed by atoms with Crippen molar-refractivity contribution < 1.29 is 18.6 Å². The van der Waals surface area contributed by atoms with Gasteiger partial charge in [-0.25, -0.2) is 4.39 Å². The highest BCUT2D eigenvalue weighted by Gasteiger charge is 2.19. The zero-order chi connectivity index (χ0) is 12.1. The van der Waals surface area contributed by atoms with Crippen molar-refractivity contribution in [2.45, 2.75) is 6.04 Å². The summed E-state index contributed by atoms with van der Waals surface area (Å²) in [6.45, 7) is -0.681. The maximum atomic E-state index is 12.6. The van der Waals surface area contributed by atoms with E-state index >= 15 is 0 Å². The Morgan fingerprint density at radius 1 is 1.12 bits per heavy atom. The van der Waals surface area contributed by atoms with Crippen LogP contribution in [0.15, 0.2) is 12.1 Å². The first-order valence-electron chi connectivity index (χ1n) is 4.79. The summed E-state index contributed by atoms with van der Waals surface area (Å²) in [6, 6.07) is 2.52. The van der Waals surface area contributed by atoms with Gasteiger partial charge in [0, 0.05) is 12.1 Å². The number of benzene rings is 1. The van der Waals surface area contributed by atoms with Crippen LogP contribution in [0.1, 0.15) is 11.6 Å². The Hall–Kier alpha value is -1.20. The summed E-state index contributed by atoms with van der Waals surface area (Å²) in [5, 5.41) is 0. The van der Waals surface area contributed by atoms with Crippen molar-refractivity contribution in [3.8, 4) is 17.2 Å². The minimum Gasteiger partial charge on any atom is -0.496 e. The third-order valence-corrected chi connectivity index (χ3v) is 2.29. The molecule has 0 aromatic heterocycles. The van der Waals surface area contributed by atoms with Gasteiger partial charge in [0.05, 0.1) is 32.9 Å². The quantitative estimate of drug-likeness (QED) is 0.886. The van der Waals surface area contributed by atoms with E-state index in [1.54, 1.807) is 12.1 Å². The predicted octanol–water partition coefficient (Wildman–Crippen LogP) is 2.10. The van der Waals surface area contributed by atoms with E-state index in [1.165, 1.54) is 21.3 Å². The van der Waals surface area contributed by atoms with Gasteiger partial charge in [-0.3, -0.25) is 0 Å². The van der Waals surface area contributed by atoms with Gasteiger partial charge in [0.1, 0.15) is 23.9 Å². The van der Waals surface area contributed by atoms with Crippen LogP contribution in [0.5, 0.6) is 17.2 Å². The SMILES string of the molecule is COc1cc(OC)c([C@H](N)CF)c(OC)c1.Cl. The molecule has 4 nitrogen and oxygen atoms in total. The van der Waals surface area contributed by atoms with Crippen LogP contribution in [0.3, 0.4) is 0 Å². The van der Waals surface area contributed by atoms with E-state index < -0.39 is 12.7 Å². The Kier molecular flexibility index (Phi) is 6.68. The highest BCUT2D eigenvalue weighted by atomic mass is 35.5. The molecule has 2 N–H and O–H groups in total. The first-order valence-corrected chi connectivity index (χ1v) is 4.79. The van der Waals surface area contributed by atoms with Crippen LogP contribution in [0.4, 0.5) is 4.39 Å². The van der Waals surface area contributed by atoms with Gasteiger partial charge < -0.3 is 19.9 Å². The summed E-state index contributed by atoms with van der Waals surface area (Å²) in [5.41, 5.74) is 6.17. The van der Waals surface area contributed by atoms with Crippen LogP contribution >= 0.6 is 12.4 Å². The molecule has 1 atom stereocenters. The number of alkyl halides is 1. The van der Waals surface area contributed by atoms with E-state index in [-0.39, 0.29) is 12.4 Å². The number of nitrogens with two attached hydrogens (primary N) is 1. The molecule has 98 valence electrons. The lowest BCUT2D eigenvalue weighted by atomic mass is 10.1. The van der Waals surface area contributed by atoms with E-state index in [0.717, 1.165) is 0 Å². The summed E-state index contributed by atoms with van der Waals surface area (Å²) in [5.74, 6) is 1.49. The van der Waals surface area contributed by atoms with Crippen molar-refractivity contribution in [3.63, 3.8) is 0 Å². The summed E-state index contributed by atoms with van der Waals surface area (Å²) < 4.78 is 28.0. The monoisotopic (exact) mass is 265 g/mol. The van der Waals surface area contributed by atoms with Crippen molar-refractivity contribution >= 4 is 12.4 Å². The minimum absolute atomic E-state index is 0. The minimum atomic E-state index is -0.768. The van der Waals surface area contributed by atoms with E-state index in [0.29, 0.717) is 22.8 Å². The van der Waals surface area contributed by atoms with E-state index in [1.807, 2.05) is 0 Å². The van der Waals surface area contributed by atoms with Gasteiger partial charge in [0.2, 0.25) is 0 Å². The van der Waals surface area contributed by atoms with Crippen LogP contribution in [0, 0.1) is 0 Å². The molecule has 0 aliphatic rings. The summed E-state index contributed by atoms with van der Waals surface area (Å²) in [4.78, 5) is 0. The zero-order valence-electron chi connectivity index (χ0n) is 10.0. The van der Waals surface area contributed by atoms with E-state index in [2.05, 4.69) is 0 Å². The fourth-order valence-electron chi connectivity index (χ4n) is 1.48. The molecule has 0 bridgehead atoms. The second-order valence-electron chi connectivity index (χ2n) is 3.21. The second-order valence-corrected chi connectivity index (χ2v) is 3.21. The summed E-state index contributed by atoms with van der Waals surface area (Å²) in [6.07, 6.45) is 0. The Morgan fingerprint density at radius 2 is 1.59 bits per heavy atom. The van der Waals surface area contributed by atoms with Gasteiger partial charge in [-0.05, 0) is 0 Å². The fraction of sp³-hybridized carbons (Fsp3) is 0.455. The third kappa shape index (κ3) is 3.38. The number of ether oxygens (including phenoxy) is 3. The molecule has 1 aromatic carbocycles. The van der Waals surface area contributed by atoms with Crippen LogP contribution in [0.2, 0.25) is 0 Å². The van der Waals surface area contributed by atoms with Crippen LogP contribution in [0.25, 0.3) is 0 Å². The summed E-state index contributed by atoms with van der Waals surface area (Å²) >= 11 is 0. The number of rotatable bonds is 5. The first kappa shape index (κ1) is 15.8. The maximum absolute atomic E-state index is 12.6. The Labute approximate surface area is 106 Å². The Bertz CT molecular complexity index is 338. The number of methoxy groups -OCH3 is 3. The topological polar surface area (TPSA) is 53.7 Å². The van der Waals surface area contributed by atoms with Crippen LogP contribution < -0.4 is 19.9 Å². The number of halogens is 2. The molecule has 0 spiro atoms. The third-order valence-electron chi connectivity index (χ3n) is 2.29. The largest absolute Gasteiger partial charge is 0.496 e. The molecule has 0 fully saturated rings. The Morgan fingerprint density at radius 3 is 1.88 bits per heavy atom. The second kappa shape index (κ2) is 7.19. The van der Waals surface area contributed by atoms with Gasteiger partial charge in [-0.1, -0.05) is 0 Å². The summed E-state index contributed by atoms with van der Waals surface area (Å²) in [7, 11) is 4.51. The highest BCUT2D eigenvalue weighted by molar-refractivity contribution is 5.85. The van der Waals surface area contributed by atoms with Gasteiger partial charge in [0.25, 0.3) is 0 Å². The zero-order valence-corrected chi connectivity index (χ0v) is 10.8. The van der Waals surface area contributed by atoms with Crippen LogP contribution in [-0.4, -0.2) is 28.0 Å². The molecule has 0 saturated carbocycles. The van der Waals surface area contributed by atoms with E-state index in [9.17, 15) is 4.39 Å². The smallest absolute Gasteiger partial charge is 0.131 e. The molecule has 0 saturated heterocycles. The van der Waals surface area contributed by atoms with Crippen molar-refractivity contribution in [1.29, 1.82) is 0 Å². The molecule has 17 heavy (non-hydrogen) atoms. The lowest BCUT2D eigenvalue weighted by Gasteiger charge is -2.17. The molecular weight excluding hydrogens is 249 g/mol. The Balaban J connectivity index is 0.00000256. The standard InChI is InChI=1S/C11H16FNO3.ClH/c1-14-7-4-9(15-2)11(8(13)6-12)10(5-7)16-3;/h4-5,8H,6,13H2,1-3H3;1H/t8-;/m1./s1. The maximum Gasteiger partial charge on any atom is 0.131 e. The molecular formula is C11H17ClFNO3. The van der Waals surface area contributed by atoms with Crippen molar-refractivity contribution in [3.05, 3.63) is 17.7 Å². The normalized spacial score (nSPS) is 11.4. The molecule has 0 amide bonds. The van der Waals surface area contributed by atoms with Gasteiger partial charge in [0.15, 0.2) is 0 Å². The average molecular weight is 266 g/mol. The van der Waals surface area contributed by atoms with Gasteiger partial charge in [-0.15, -0.1) is 12.4 Å². The molecule has 1 aromatic rings. The first-order chi connectivity index (χ1) is 7.67. The molecule has 6 heteroatoms. The number of hydrogen-bond donors (Lipinski definition) is 1. The van der Waals surface area contributed by atoms with Gasteiger partial charge in [-0.2, -0.15) is 0 Å². The molecule has 0 heterocycles. The fourth-order valence-corrected chi connectivity index (χ4v) is 1.48. The molecule has 0 aliphatic carbocycles. The van der Waals surface area contributed by atoms with Gasteiger partial charge >= 0.3 is 0 Å². The molecule has 0 aliphatic heterocycles. The lowest BCUT2D eigenvalue weighted by molar-refractivity contribution is 0.352. The molecule has 0 radical (unpaired) electrons.